The van der Waals surface area contributed by atoms with E-state index >= 15 is 0 Å². The Labute approximate surface area is 105 Å². The number of hydrogen-bond acceptors (Lipinski definition) is 2. The lowest BCUT2D eigenvalue weighted by atomic mass is 9.73. The van der Waals surface area contributed by atoms with Crippen LogP contribution in [0.5, 0.6) is 0 Å². The highest BCUT2D eigenvalue weighted by molar-refractivity contribution is 5.83. The zero-order chi connectivity index (χ0) is 12.1. The summed E-state index contributed by atoms with van der Waals surface area (Å²) < 4.78 is 0. The first kappa shape index (κ1) is 12.9. The van der Waals surface area contributed by atoms with Crippen LogP contribution in [0.3, 0.4) is 0 Å². The van der Waals surface area contributed by atoms with Gasteiger partial charge in [-0.05, 0) is 31.6 Å². The maximum absolute atomic E-state index is 12.3. The minimum absolute atomic E-state index is 0.228. The molecular weight excluding hydrogens is 212 g/mol. The summed E-state index contributed by atoms with van der Waals surface area (Å²) >= 11 is 0. The molecule has 3 N–H and O–H groups in total. The summed E-state index contributed by atoms with van der Waals surface area (Å²) in [7, 11) is 0. The largest absolute Gasteiger partial charge is 0.355 e. The van der Waals surface area contributed by atoms with E-state index in [0.29, 0.717) is 6.54 Å². The topological polar surface area (TPSA) is 55.1 Å². The van der Waals surface area contributed by atoms with E-state index in [1.807, 2.05) is 0 Å². The minimum atomic E-state index is -0.239. The fourth-order valence-electron chi connectivity index (χ4n) is 3.39. The van der Waals surface area contributed by atoms with Crippen LogP contribution in [-0.2, 0) is 4.79 Å². The van der Waals surface area contributed by atoms with Crippen molar-refractivity contribution in [3.63, 3.8) is 0 Å². The Morgan fingerprint density at radius 1 is 1.12 bits per heavy atom. The SMILES string of the molecule is NCC1(C(=O)NCC2CCCC2)CCCCC1. The van der Waals surface area contributed by atoms with Crippen LogP contribution >= 0.6 is 0 Å². The van der Waals surface area contributed by atoms with Crippen molar-refractivity contribution in [3.8, 4) is 0 Å². The molecule has 3 nitrogen and oxygen atoms in total. The Morgan fingerprint density at radius 2 is 1.76 bits per heavy atom. The molecule has 17 heavy (non-hydrogen) atoms. The molecule has 0 aromatic carbocycles. The Hall–Kier alpha value is -0.570. The predicted molar refractivity (Wildman–Crippen MR) is 69.5 cm³/mol. The van der Waals surface area contributed by atoms with Crippen molar-refractivity contribution in [3.05, 3.63) is 0 Å². The van der Waals surface area contributed by atoms with Crippen molar-refractivity contribution in [1.29, 1.82) is 0 Å². The maximum Gasteiger partial charge on any atom is 0.227 e. The first-order valence-corrected chi connectivity index (χ1v) is 7.25. The molecule has 2 aliphatic rings. The van der Waals surface area contributed by atoms with Gasteiger partial charge in [0.1, 0.15) is 0 Å². The molecule has 1 amide bonds. The lowest BCUT2D eigenvalue weighted by Crippen LogP contribution is -2.48. The van der Waals surface area contributed by atoms with Crippen LogP contribution in [0.15, 0.2) is 0 Å². The molecule has 0 aliphatic heterocycles. The van der Waals surface area contributed by atoms with Crippen molar-refractivity contribution in [1.82, 2.24) is 5.32 Å². The molecule has 0 bridgehead atoms. The Balaban J connectivity index is 1.83. The Bertz CT molecular complexity index is 253. The van der Waals surface area contributed by atoms with E-state index in [1.165, 1.54) is 32.1 Å². The average molecular weight is 238 g/mol. The molecule has 0 unspecified atom stereocenters. The minimum Gasteiger partial charge on any atom is -0.355 e. The summed E-state index contributed by atoms with van der Waals surface area (Å²) in [6, 6.07) is 0. The molecule has 2 saturated carbocycles. The smallest absolute Gasteiger partial charge is 0.227 e. The van der Waals surface area contributed by atoms with Gasteiger partial charge in [0, 0.05) is 13.1 Å². The lowest BCUT2D eigenvalue weighted by molar-refractivity contribution is -0.132. The van der Waals surface area contributed by atoms with E-state index in [-0.39, 0.29) is 11.3 Å². The van der Waals surface area contributed by atoms with Gasteiger partial charge in [0.25, 0.3) is 0 Å². The van der Waals surface area contributed by atoms with Crippen LogP contribution in [0.25, 0.3) is 0 Å². The molecule has 2 aliphatic carbocycles. The molecule has 98 valence electrons. The summed E-state index contributed by atoms with van der Waals surface area (Å²) in [5.41, 5.74) is 5.62. The van der Waals surface area contributed by atoms with Gasteiger partial charge >= 0.3 is 0 Å². The van der Waals surface area contributed by atoms with Crippen LogP contribution in [0, 0.1) is 11.3 Å². The quantitative estimate of drug-likeness (QED) is 0.789. The second-order valence-corrected chi connectivity index (χ2v) is 5.91. The molecule has 0 atom stereocenters. The van der Waals surface area contributed by atoms with Crippen LogP contribution < -0.4 is 11.1 Å². The van der Waals surface area contributed by atoms with Gasteiger partial charge in [-0.2, -0.15) is 0 Å². The molecule has 2 rings (SSSR count). The van der Waals surface area contributed by atoms with Gasteiger partial charge in [-0.25, -0.2) is 0 Å². The van der Waals surface area contributed by atoms with E-state index in [0.717, 1.165) is 38.1 Å². The third-order valence-corrected chi connectivity index (χ3v) is 4.71. The molecule has 3 heteroatoms. The van der Waals surface area contributed by atoms with Crippen LogP contribution in [0.2, 0.25) is 0 Å². The monoisotopic (exact) mass is 238 g/mol. The standard InChI is InChI=1S/C14H26N2O/c15-11-14(8-4-1-5-9-14)13(17)16-10-12-6-2-3-7-12/h12H,1-11,15H2,(H,16,17). The van der Waals surface area contributed by atoms with Crippen LogP contribution in [-0.4, -0.2) is 19.0 Å². The fourth-order valence-corrected chi connectivity index (χ4v) is 3.39. The summed E-state index contributed by atoms with van der Waals surface area (Å²) in [5.74, 6) is 0.948. The highest BCUT2D eigenvalue weighted by Gasteiger charge is 2.38. The van der Waals surface area contributed by atoms with Crippen molar-refractivity contribution in [2.45, 2.75) is 57.8 Å². The number of nitrogens with one attached hydrogen (secondary N) is 1. The summed E-state index contributed by atoms with van der Waals surface area (Å²) in [5, 5.41) is 3.17. The summed E-state index contributed by atoms with van der Waals surface area (Å²) in [6.45, 7) is 1.39. The highest BCUT2D eigenvalue weighted by Crippen LogP contribution is 2.35. The van der Waals surface area contributed by atoms with Crippen LogP contribution in [0.1, 0.15) is 57.8 Å². The number of carbonyl (C=O) groups excluding carboxylic acids is 1. The van der Waals surface area contributed by atoms with Gasteiger partial charge in [0.2, 0.25) is 5.91 Å². The van der Waals surface area contributed by atoms with E-state index in [9.17, 15) is 4.79 Å². The Morgan fingerprint density at radius 3 is 2.35 bits per heavy atom. The lowest BCUT2D eigenvalue weighted by Gasteiger charge is -2.35. The third kappa shape index (κ3) is 3.01. The van der Waals surface area contributed by atoms with E-state index < -0.39 is 0 Å². The summed E-state index contributed by atoms with van der Waals surface area (Å²) in [4.78, 5) is 12.3. The molecule has 0 aromatic rings. The first-order valence-electron chi connectivity index (χ1n) is 7.25. The van der Waals surface area contributed by atoms with Crippen molar-refractivity contribution in [2.24, 2.45) is 17.1 Å². The van der Waals surface area contributed by atoms with E-state index in [4.69, 9.17) is 5.73 Å². The number of carbonyl (C=O) groups is 1. The van der Waals surface area contributed by atoms with Crippen molar-refractivity contribution in [2.75, 3.05) is 13.1 Å². The molecular formula is C14H26N2O. The highest BCUT2D eigenvalue weighted by atomic mass is 16.2. The molecule has 2 fully saturated rings. The van der Waals surface area contributed by atoms with Gasteiger partial charge in [-0.3, -0.25) is 4.79 Å². The molecule has 0 radical (unpaired) electrons. The molecule has 0 heterocycles. The molecule has 0 aromatic heterocycles. The predicted octanol–water partition coefficient (Wildman–Crippen LogP) is 2.20. The third-order valence-electron chi connectivity index (χ3n) is 4.71. The Kier molecular flexibility index (Phi) is 4.43. The van der Waals surface area contributed by atoms with E-state index in [1.54, 1.807) is 0 Å². The maximum atomic E-state index is 12.3. The fraction of sp³-hybridized carbons (Fsp3) is 0.929. The normalized spacial score (nSPS) is 24.8. The second-order valence-electron chi connectivity index (χ2n) is 5.91. The van der Waals surface area contributed by atoms with Gasteiger partial charge in [-0.1, -0.05) is 32.1 Å². The van der Waals surface area contributed by atoms with Crippen LogP contribution in [0.4, 0.5) is 0 Å². The van der Waals surface area contributed by atoms with Gasteiger partial charge in [-0.15, -0.1) is 0 Å². The van der Waals surface area contributed by atoms with Crippen molar-refractivity contribution >= 4 is 5.91 Å². The first-order chi connectivity index (χ1) is 8.27. The number of nitrogens with two attached hydrogens (primary N) is 1. The van der Waals surface area contributed by atoms with Gasteiger partial charge in [0.15, 0.2) is 0 Å². The molecule has 0 saturated heterocycles. The number of amides is 1. The molecule has 0 spiro atoms. The number of hydrogen-bond donors (Lipinski definition) is 2. The zero-order valence-electron chi connectivity index (χ0n) is 10.8. The van der Waals surface area contributed by atoms with Crippen molar-refractivity contribution < 1.29 is 4.79 Å². The van der Waals surface area contributed by atoms with Gasteiger partial charge in [0.05, 0.1) is 5.41 Å². The summed E-state index contributed by atoms with van der Waals surface area (Å²) in [6.07, 6.45) is 10.8. The number of rotatable bonds is 4. The average Bonchev–Trinajstić information content (AvgIpc) is 2.90. The second kappa shape index (κ2) is 5.85. The zero-order valence-corrected chi connectivity index (χ0v) is 10.8. The van der Waals surface area contributed by atoms with E-state index in [2.05, 4.69) is 5.32 Å². The van der Waals surface area contributed by atoms with Gasteiger partial charge < -0.3 is 11.1 Å².